The second kappa shape index (κ2) is 6.13. The summed E-state index contributed by atoms with van der Waals surface area (Å²) in [6.07, 6.45) is 2.40. The zero-order chi connectivity index (χ0) is 13.1. The van der Waals surface area contributed by atoms with Crippen LogP contribution >= 0.6 is 15.9 Å². The molecular formula is C14H20BrFN2. The molecule has 0 aliphatic carbocycles. The second-order valence-electron chi connectivity index (χ2n) is 5.23. The quantitative estimate of drug-likeness (QED) is 0.846. The summed E-state index contributed by atoms with van der Waals surface area (Å²) in [6.45, 7) is 3.12. The molecule has 4 heteroatoms. The molecule has 1 heterocycles. The fourth-order valence-electron chi connectivity index (χ4n) is 2.56. The predicted octanol–water partition coefficient (Wildman–Crippen LogP) is 3.11. The number of hydrogen-bond acceptors (Lipinski definition) is 2. The molecule has 0 radical (unpaired) electrons. The first kappa shape index (κ1) is 14.0. The van der Waals surface area contributed by atoms with E-state index in [1.807, 2.05) is 6.07 Å². The summed E-state index contributed by atoms with van der Waals surface area (Å²) < 4.78 is 14.1. The highest BCUT2D eigenvalue weighted by Crippen LogP contribution is 2.19. The normalized spacial score (nSPS) is 18.5. The number of nitrogens with zero attached hydrogens (tertiary/aromatic N) is 2. The minimum Gasteiger partial charge on any atom is -0.306 e. The lowest BCUT2D eigenvalue weighted by Gasteiger charge is -2.35. The number of halogens is 2. The first-order chi connectivity index (χ1) is 8.54. The van der Waals surface area contributed by atoms with Crippen molar-refractivity contribution in [3.8, 4) is 0 Å². The summed E-state index contributed by atoms with van der Waals surface area (Å²) in [5.41, 5.74) is 1.03. The summed E-state index contributed by atoms with van der Waals surface area (Å²) >= 11 is 3.34. The Morgan fingerprint density at radius 2 is 2.00 bits per heavy atom. The molecule has 0 saturated carbocycles. The van der Waals surface area contributed by atoms with Gasteiger partial charge >= 0.3 is 0 Å². The minimum atomic E-state index is -0.170. The number of rotatable bonds is 3. The van der Waals surface area contributed by atoms with Crippen molar-refractivity contribution < 1.29 is 4.39 Å². The lowest BCUT2D eigenvalue weighted by atomic mass is 10.0. The molecule has 1 aliphatic rings. The van der Waals surface area contributed by atoms with E-state index >= 15 is 0 Å². The highest BCUT2D eigenvalue weighted by Gasteiger charge is 2.20. The highest BCUT2D eigenvalue weighted by atomic mass is 79.9. The minimum absolute atomic E-state index is 0.170. The molecule has 0 bridgehead atoms. The van der Waals surface area contributed by atoms with Crippen LogP contribution < -0.4 is 0 Å². The van der Waals surface area contributed by atoms with Gasteiger partial charge in [0.15, 0.2) is 0 Å². The van der Waals surface area contributed by atoms with Gasteiger partial charge in [-0.1, -0.05) is 15.9 Å². The Labute approximate surface area is 117 Å². The van der Waals surface area contributed by atoms with Crippen LogP contribution in [0.3, 0.4) is 0 Å². The van der Waals surface area contributed by atoms with Crippen molar-refractivity contribution in [1.29, 1.82) is 0 Å². The Morgan fingerprint density at radius 1 is 1.33 bits per heavy atom. The van der Waals surface area contributed by atoms with E-state index in [1.54, 1.807) is 6.07 Å². The molecular weight excluding hydrogens is 295 g/mol. The van der Waals surface area contributed by atoms with Gasteiger partial charge in [-0.15, -0.1) is 0 Å². The third-order valence-corrected chi connectivity index (χ3v) is 4.12. The van der Waals surface area contributed by atoms with E-state index in [2.05, 4.69) is 39.8 Å². The SMILES string of the molecule is CN1CCC(N(C)Cc2cc(F)cc(Br)c2)CC1. The molecule has 100 valence electrons. The van der Waals surface area contributed by atoms with E-state index in [0.29, 0.717) is 6.04 Å². The Kier molecular flexibility index (Phi) is 4.76. The number of hydrogen-bond donors (Lipinski definition) is 0. The monoisotopic (exact) mass is 314 g/mol. The van der Waals surface area contributed by atoms with Gasteiger partial charge in [0.25, 0.3) is 0 Å². The van der Waals surface area contributed by atoms with Crippen molar-refractivity contribution in [2.75, 3.05) is 27.2 Å². The molecule has 0 unspecified atom stereocenters. The third kappa shape index (κ3) is 3.77. The molecule has 0 N–H and O–H groups in total. The van der Waals surface area contributed by atoms with Gasteiger partial charge in [0.2, 0.25) is 0 Å². The summed E-state index contributed by atoms with van der Waals surface area (Å²) in [6, 6.07) is 5.73. The van der Waals surface area contributed by atoms with Gasteiger partial charge in [-0.3, -0.25) is 4.90 Å². The van der Waals surface area contributed by atoms with Crippen molar-refractivity contribution in [3.05, 3.63) is 34.1 Å². The van der Waals surface area contributed by atoms with Crippen LogP contribution in [0.15, 0.2) is 22.7 Å². The maximum atomic E-state index is 13.3. The van der Waals surface area contributed by atoms with Gasteiger partial charge in [0.05, 0.1) is 0 Å². The van der Waals surface area contributed by atoms with Crippen LogP contribution in [0.5, 0.6) is 0 Å². The Morgan fingerprint density at radius 3 is 2.61 bits per heavy atom. The van der Waals surface area contributed by atoms with Crippen LogP contribution in [0.2, 0.25) is 0 Å². The van der Waals surface area contributed by atoms with E-state index in [9.17, 15) is 4.39 Å². The van der Waals surface area contributed by atoms with Crippen LogP contribution in [0, 0.1) is 5.82 Å². The Bertz CT molecular complexity index is 383. The molecule has 2 rings (SSSR count). The molecule has 1 saturated heterocycles. The summed E-state index contributed by atoms with van der Waals surface area (Å²) in [7, 11) is 4.30. The van der Waals surface area contributed by atoms with Gasteiger partial charge in [0.1, 0.15) is 5.82 Å². The van der Waals surface area contributed by atoms with Crippen molar-refractivity contribution in [2.45, 2.75) is 25.4 Å². The second-order valence-corrected chi connectivity index (χ2v) is 6.14. The molecule has 2 nitrogen and oxygen atoms in total. The van der Waals surface area contributed by atoms with Gasteiger partial charge in [-0.25, -0.2) is 4.39 Å². The predicted molar refractivity (Wildman–Crippen MR) is 76.1 cm³/mol. The summed E-state index contributed by atoms with van der Waals surface area (Å²) in [5, 5.41) is 0. The highest BCUT2D eigenvalue weighted by molar-refractivity contribution is 9.10. The van der Waals surface area contributed by atoms with Crippen molar-refractivity contribution in [2.24, 2.45) is 0 Å². The van der Waals surface area contributed by atoms with Gasteiger partial charge < -0.3 is 4.90 Å². The van der Waals surface area contributed by atoms with Crippen LogP contribution in [-0.4, -0.2) is 43.0 Å². The number of likely N-dealkylation sites (tertiary alicyclic amines) is 1. The van der Waals surface area contributed by atoms with E-state index in [0.717, 1.165) is 29.7 Å². The molecule has 0 aromatic heterocycles. The van der Waals surface area contributed by atoms with Gasteiger partial charge in [-0.05, 0) is 63.8 Å². The van der Waals surface area contributed by atoms with Crippen molar-refractivity contribution >= 4 is 15.9 Å². The van der Waals surface area contributed by atoms with Crippen LogP contribution in [-0.2, 0) is 6.54 Å². The zero-order valence-electron chi connectivity index (χ0n) is 11.0. The molecule has 1 aromatic carbocycles. The lowest BCUT2D eigenvalue weighted by Crippen LogP contribution is -2.41. The van der Waals surface area contributed by atoms with E-state index < -0.39 is 0 Å². The topological polar surface area (TPSA) is 6.48 Å². The molecule has 18 heavy (non-hydrogen) atoms. The van der Waals surface area contributed by atoms with Crippen LogP contribution in [0.25, 0.3) is 0 Å². The smallest absolute Gasteiger partial charge is 0.124 e. The van der Waals surface area contributed by atoms with Crippen molar-refractivity contribution in [1.82, 2.24) is 9.80 Å². The van der Waals surface area contributed by atoms with E-state index in [-0.39, 0.29) is 5.82 Å². The summed E-state index contributed by atoms with van der Waals surface area (Å²) in [5.74, 6) is -0.170. The fraction of sp³-hybridized carbons (Fsp3) is 0.571. The number of benzene rings is 1. The average Bonchev–Trinajstić information content (AvgIpc) is 2.28. The zero-order valence-corrected chi connectivity index (χ0v) is 12.6. The third-order valence-electron chi connectivity index (χ3n) is 3.67. The largest absolute Gasteiger partial charge is 0.306 e. The van der Waals surface area contributed by atoms with Crippen LogP contribution in [0.4, 0.5) is 4.39 Å². The maximum Gasteiger partial charge on any atom is 0.124 e. The Hall–Kier alpha value is -0.450. The number of piperidine rings is 1. The van der Waals surface area contributed by atoms with Crippen molar-refractivity contribution in [3.63, 3.8) is 0 Å². The average molecular weight is 315 g/mol. The fourth-order valence-corrected chi connectivity index (χ4v) is 3.07. The lowest BCUT2D eigenvalue weighted by molar-refractivity contribution is 0.139. The Balaban J connectivity index is 1.96. The van der Waals surface area contributed by atoms with Crippen LogP contribution in [0.1, 0.15) is 18.4 Å². The molecule has 1 aliphatic heterocycles. The first-order valence-corrected chi connectivity index (χ1v) is 7.17. The maximum absolute atomic E-state index is 13.3. The molecule has 1 fully saturated rings. The standard InChI is InChI=1S/C14H20BrFN2/c1-17-5-3-14(4-6-17)18(2)10-11-7-12(15)9-13(16)8-11/h7-9,14H,3-6,10H2,1-2H3. The summed E-state index contributed by atoms with van der Waals surface area (Å²) in [4.78, 5) is 4.71. The molecule has 0 spiro atoms. The molecule has 0 atom stereocenters. The van der Waals surface area contributed by atoms with E-state index in [1.165, 1.54) is 18.9 Å². The van der Waals surface area contributed by atoms with Gasteiger partial charge in [-0.2, -0.15) is 0 Å². The molecule has 1 aromatic rings. The molecule has 0 amide bonds. The van der Waals surface area contributed by atoms with Gasteiger partial charge in [0, 0.05) is 17.1 Å². The first-order valence-electron chi connectivity index (χ1n) is 6.38. The van der Waals surface area contributed by atoms with E-state index in [4.69, 9.17) is 0 Å².